The van der Waals surface area contributed by atoms with Crippen molar-refractivity contribution in [1.82, 2.24) is 5.32 Å². The van der Waals surface area contributed by atoms with Gasteiger partial charge in [-0.05, 0) is 44.1 Å². The van der Waals surface area contributed by atoms with Gasteiger partial charge in [0.15, 0.2) is 0 Å². The van der Waals surface area contributed by atoms with Crippen molar-refractivity contribution < 1.29 is 13.9 Å². The van der Waals surface area contributed by atoms with Crippen LogP contribution in [0.2, 0.25) is 0 Å². The lowest BCUT2D eigenvalue weighted by Crippen LogP contribution is -2.45. The maximum absolute atomic E-state index is 13.6. The number of carbonyl (C=O) groups excluding carboxylic acids is 1. The Kier molecular flexibility index (Phi) is 4.20. The monoisotopic (exact) mass is 265 g/mol. The number of hydrogen-bond acceptors (Lipinski definition) is 3. The molecule has 1 saturated heterocycles. The molecule has 2 rings (SSSR count). The van der Waals surface area contributed by atoms with E-state index in [4.69, 9.17) is 4.74 Å². The fraction of sp³-hybridized carbons (Fsp3) is 0.533. The second-order valence-corrected chi connectivity index (χ2v) is 4.95. The molecule has 1 N–H and O–H groups in total. The summed E-state index contributed by atoms with van der Waals surface area (Å²) in [5.41, 5.74) is 0.0938. The molecule has 0 bridgehead atoms. The van der Waals surface area contributed by atoms with Gasteiger partial charge in [-0.25, -0.2) is 4.39 Å². The summed E-state index contributed by atoms with van der Waals surface area (Å²) in [6.45, 7) is 3.40. The highest BCUT2D eigenvalue weighted by Crippen LogP contribution is 2.40. The third-order valence-electron chi connectivity index (χ3n) is 3.99. The third kappa shape index (κ3) is 2.50. The Balaban J connectivity index is 2.54. The number of ether oxygens (including phenoxy) is 1. The Morgan fingerprint density at radius 3 is 2.68 bits per heavy atom. The van der Waals surface area contributed by atoms with Crippen molar-refractivity contribution >= 4 is 5.78 Å². The zero-order chi connectivity index (χ0) is 13.9. The van der Waals surface area contributed by atoms with Gasteiger partial charge in [-0.1, -0.05) is 6.92 Å². The number of ketones is 1. The second kappa shape index (κ2) is 5.70. The minimum absolute atomic E-state index is 0.165. The molecule has 19 heavy (non-hydrogen) atoms. The zero-order valence-electron chi connectivity index (χ0n) is 11.5. The standard InChI is InChI=1S/C15H20FNO2/c1-3-14(18)15(6-8-17-9-7-15)12-10-11(16)4-5-13(12)19-2/h4-5,10,17H,3,6-9H2,1-2H3. The van der Waals surface area contributed by atoms with E-state index in [9.17, 15) is 9.18 Å². The van der Waals surface area contributed by atoms with Crippen LogP contribution in [0.5, 0.6) is 5.75 Å². The summed E-state index contributed by atoms with van der Waals surface area (Å²) in [5, 5.41) is 3.25. The van der Waals surface area contributed by atoms with Crippen LogP contribution in [0.4, 0.5) is 4.39 Å². The Labute approximate surface area is 113 Å². The van der Waals surface area contributed by atoms with Crippen LogP contribution in [0.1, 0.15) is 31.7 Å². The minimum atomic E-state index is -0.604. The summed E-state index contributed by atoms with van der Waals surface area (Å²) in [5.74, 6) is 0.445. The van der Waals surface area contributed by atoms with Crippen molar-refractivity contribution in [2.24, 2.45) is 0 Å². The molecular weight excluding hydrogens is 245 g/mol. The van der Waals surface area contributed by atoms with Gasteiger partial charge in [0.05, 0.1) is 12.5 Å². The first-order chi connectivity index (χ1) is 9.14. The number of rotatable bonds is 4. The first kappa shape index (κ1) is 14.0. The molecule has 1 aromatic rings. The van der Waals surface area contributed by atoms with Crippen LogP contribution < -0.4 is 10.1 Å². The highest BCUT2D eigenvalue weighted by Gasteiger charge is 2.41. The van der Waals surface area contributed by atoms with E-state index in [0.29, 0.717) is 30.6 Å². The van der Waals surface area contributed by atoms with Crippen LogP contribution in [0, 0.1) is 5.82 Å². The van der Waals surface area contributed by atoms with Crippen LogP contribution in [-0.2, 0) is 10.2 Å². The van der Waals surface area contributed by atoms with Gasteiger partial charge in [0.2, 0.25) is 0 Å². The second-order valence-electron chi connectivity index (χ2n) is 4.95. The molecule has 1 aliphatic rings. The van der Waals surface area contributed by atoms with Crippen molar-refractivity contribution in [3.05, 3.63) is 29.6 Å². The van der Waals surface area contributed by atoms with Gasteiger partial charge in [-0.2, -0.15) is 0 Å². The maximum atomic E-state index is 13.6. The van der Waals surface area contributed by atoms with Crippen LogP contribution >= 0.6 is 0 Å². The summed E-state index contributed by atoms with van der Waals surface area (Å²) in [4.78, 5) is 12.5. The zero-order valence-corrected chi connectivity index (χ0v) is 11.5. The number of nitrogens with one attached hydrogen (secondary N) is 1. The van der Waals surface area contributed by atoms with Gasteiger partial charge in [0.1, 0.15) is 17.3 Å². The van der Waals surface area contributed by atoms with Gasteiger partial charge >= 0.3 is 0 Å². The Hall–Kier alpha value is -1.42. The van der Waals surface area contributed by atoms with E-state index in [1.165, 1.54) is 12.1 Å². The predicted molar refractivity (Wildman–Crippen MR) is 72.0 cm³/mol. The summed E-state index contributed by atoms with van der Waals surface area (Å²) in [6.07, 6.45) is 1.85. The summed E-state index contributed by atoms with van der Waals surface area (Å²) >= 11 is 0. The number of carbonyl (C=O) groups is 1. The molecule has 0 spiro atoms. The van der Waals surface area contributed by atoms with Crippen molar-refractivity contribution in [3.63, 3.8) is 0 Å². The molecule has 1 heterocycles. The topological polar surface area (TPSA) is 38.3 Å². The Morgan fingerprint density at radius 1 is 1.42 bits per heavy atom. The van der Waals surface area contributed by atoms with Gasteiger partial charge in [0, 0.05) is 12.0 Å². The predicted octanol–water partition coefficient (Wildman–Crippen LogP) is 2.43. The number of hydrogen-bond donors (Lipinski definition) is 1. The molecule has 0 aliphatic carbocycles. The normalized spacial score (nSPS) is 18.1. The lowest BCUT2D eigenvalue weighted by atomic mass is 9.69. The van der Waals surface area contributed by atoms with E-state index in [-0.39, 0.29) is 11.6 Å². The lowest BCUT2D eigenvalue weighted by molar-refractivity contribution is -0.125. The molecule has 3 nitrogen and oxygen atoms in total. The average Bonchev–Trinajstić information content (AvgIpc) is 2.47. The largest absolute Gasteiger partial charge is 0.496 e. The van der Waals surface area contributed by atoms with E-state index < -0.39 is 5.41 Å². The summed E-state index contributed by atoms with van der Waals surface area (Å²) < 4.78 is 18.9. The summed E-state index contributed by atoms with van der Waals surface area (Å²) in [6, 6.07) is 4.43. The molecule has 0 saturated carbocycles. The molecule has 0 atom stereocenters. The van der Waals surface area contributed by atoms with E-state index >= 15 is 0 Å². The van der Waals surface area contributed by atoms with E-state index in [1.807, 2.05) is 6.92 Å². The molecule has 1 fully saturated rings. The van der Waals surface area contributed by atoms with E-state index in [1.54, 1.807) is 13.2 Å². The van der Waals surface area contributed by atoms with Gasteiger partial charge in [-0.3, -0.25) is 4.79 Å². The first-order valence-corrected chi connectivity index (χ1v) is 6.72. The molecule has 1 aromatic carbocycles. The highest BCUT2D eigenvalue weighted by molar-refractivity contribution is 5.91. The van der Waals surface area contributed by atoms with Gasteiger partial charge in [0.25, 0.3) is 0 Å². The Morgan fingerprint density at radius 2 is 2.11 bits per heavy atom. The third-order valence-corrected chi connectivity index (χ3v) is 3.99. The maximum Gasteiger partial charge on any atom is 0.143 e. The van der Waals surface area contributed by atoms with Gasteiger partial charge in [-0.15, -0.1) is 0 Å². The quantitative estimate of drug-likeness (QED) is 0.908. The molecule has 0 aromatic heterocycles. The first-order valence-electron chi connectivity index (χ1n) is 6.72. The molecule has 0 unspecified atom stereocenters. The van der Waals surface area contributed by atoms with E-state index in [2.05, 4.69) is 5.32 Å². The number of benzene rings is 1. The SMILES string of the molecule is CCC(=O)C1(c2cc(F)ccc2OC)CCNCC1. The lowest BCUT2D eigenvalue weighted by Gasteiger charge is -2.37. The highest BCUT2D eigenvalue weighted by atomic mass is 19.1. The Bertz CT molecular complexity index is 467. The molecule has 4 heteroatoms. The average molecular weight is 265 g/mol. The molecule has 0 amide bonds. The fourth-order valence-corrected chi connectivity index (χ4v) is 2.94. The van der Waals surface area contributed by atoms with Crippen molar-refractivity contribution in [2.45, 2.75) is 31.6 Å². The minimum Gasteiger partial charge on any atom is -0.496 e. The fourth-order valence-electron chi connectivity index (χ4n) is 2.94. The number of Topliss-reactive ketones (excluding diaryl/α,β-unsaturated/α-hetero) is 1. The van der Waals surface area contributed by atoms with Crippen LogP contribution in [0.3, 0.4) is 0 Å². The van der Waals surface area contributed by atoms with Crippen LogP contribution in [0.15, 0.2) is 18.2 Å². The van der Waals surface area contributed by atoms with Crippen molar-refractivity contribution in [3.8, 4) is 5.75 Å². The van der Waals surface area contributed by atoms with Crippen molar-refractivity contribution in [1.29, 1.82) is 0 Å². The van der Waals surface area contributed by atoms with Crippen LogP contribution in [0.25, 0.3) is 0 Å². The molecule has 0 radical (unpaired) electrons. The summed E-state index contributed by atoms with van der Waals surface area (Å²) in [7, 11) is 1.56. The van der Waals surface area contributed by atoms with Crippen molar-refractivity contribution in [2.75, 3.05) is 20.2 Å². The number of halogens is 1. The van der Waals surface area contributed by atoms with Gasteiger partial charge < -0.3 is 10.1 Å². The molecule has 1 aliphatic heterocycles. The molecular formula is C15H20FNO2. The smallest absolute Gasteiger partial charge is 0.143 e. The number of piperidine rings is 1. The van der Waals surface area contributed by atoms with Crippen LogP contribution in [-0.4, -0.2) is 26.0 Å². The molecule has 104 valence electrons. The van der Waals surface area contributed by atoms with E-state index in [0.717, 1.165) is 13.1 Å². The number of methoxy groups -OCH3 is 1.